The molecule has 0 aliphatic carbocycles. The monoisotopic (exact) mass is 497 g/mol. The van der Waals surface area contributed by atoms with Gasteiger partial charge in [0, 0.05) is 19.3 Å². The van der Waals surface area contributed by atoms with Gasteiger partial charge in [0.25, 0.3) is 0 Å². The van der Waals surface area contributed by atoms with Crippen molar-refractivity contribution in [3.8, 4) is 0 Å². The fourth-order valence-electron chi connectivity index (χ4n) is 2.27. The number of halogens is 1. The Morgan fingerprint density at radius 3 is 2.15 bits per heavy atom. The second kappa shape index (κ2) is 11.8. The van der Waals surface area contributed by atoms with E-state index >= 15 is 0 Å². The Morgan fingerprint density at radius 1 is 1.12 bits per heavy atom. The summed E-state index contributed by atoms with van der Waals surface area (Å²) in [7, 11) is -3.16. The van der Waals surface area contributed by atoms with Gasteiger partial charge >= 0.3 is 0 Å². The van der Waals surface area contributed by atoms with E-state index in [1.165, 1.54) is 6.26 Å². The SMILES string of the molecule is CCNC(=NCC(O)(CC)CC)NCCc1ccc(S(C)(=O)=O)cc1.I. The molecule has 0 saturated carbocycles. The van der Waals surface area contributed by atoms with Crippen LogP contribution in [0.4, 0.5) is 0 Å². The number of aliphatic hydroxyl groups is 1. The highest BCUT2D eigenvalue weighted by atomic mass is 127. The quantitative estimate of drug-likeness (QED) is 0.277. The van der Waals surface area contributed by atoms with E-state index in [4.69, 9.17) is 0 Å². The number of rotatable bonds is 9. The first-order valence-electron chi connectivity index (χ1n) is 8.77. The summed E-state index contributed by atoms with van der Waals surface area (Å²) in [5.74, 6) is 0.676. The van der Waals surface area contributed by atoms with E-state index in [1.54, 1.807) is 12.1 Å². The van der Waals surface area contributed by atoms with Crippen molar-refractivity contribution >= 4 is 39.8 Å². The van der Waals surface area contributed by atoms with Crippen LogP contribution < -0.4 is 10.6 Å². The Morgan fingerprint density at radius 2 is 1.69 bits per heavy atom. The lowest BCUT2D eigenvalue weighted by atomic mass is 9.98. The van der Waals surface area contributed by atoms with Crippen LogP contribution in [0.15, 0.2) is 34.2 Å². The minimum Gasteiger partial charge on any atom is -0.388 e. The molecule has 0 radical (unpaired) electrons. The number of hydrogen-bond donors (Lipinski definition) is 3. The summed E-state index contributed by atoms with van der Waals surface area (Å²) in [5.41, 5.74) is 0.290. The summed E-state index contributed by atoms with van der Waals surface area (Å²) < 4.78 is 22.9. The zero-order valence-corrected chi connectivity index (χ0v) is 19.2. The Labute approximate surface area is 174 Å². The first kappa shape index (κ1) is 25.1. The highest BCUT2D eigenvalue weighted by molar-refractivity contribution is 14.0. The molecule has 0 saturated heterocycles. The molecule has 0 spiro atoms. The maximum Gasteiger partial charge on any atom is 0.191 e. The average molecular weight is 497 g/mol. The van der Waals surface area contributed by atoms with Crippen molar-refractivity contribution in [2.75, 3.05) is 25.9 Å². The summed E-state index contributed by atoms with van der Waals surface area (Å²) in [4.78, 5) is 4.80. The van der Waals surface area contributed by atoms with Crippen molar-refractivity contribution in [2.45, 2.75) is 50.5 Å². The molecule has 3 N–H and O–H groups in total. The van der Waals surface area contributed by atoms with Gasteiger partial charge in [0.05, 0.1) is 17.0 Å². The zero-order valence-electron chi connectivity index (χ0n) is 16.1. The van der Waals surface area contributed by atoms with Crippen LogP contribution in [0.3, 0.4) is 0 Å². The number of nitrogens with zero attached hydrogens (tertiary/aromatic N) is 1. The maximum atomic E-state index is 11.5. The van der Waals surface area contributed by atoms with Gasteiger partial charge in [0.1, 0.15) is 0 Å². The Kier molecular flexibility index (Phi) is 11.4. The van der Waals surface area contributed by atoms with Crippen molar-refractivity contribution < 1.29 is 13.5 Å². The van der Waals surface area contributed by atoms with Gasteiger partial charge in [0.2, 0.25) is 0 Å². The van der Waals surface area contributed by atoms with Gasteiger partial charge in [-0.15, -0.1) is 24.0 Å². The van der Waals surface area contributed by atoms with E-state index in [0.29, 0.717) is 36.8 Å². The molecule has 1 aromatic carbocycles. The van der Waals surface area contributed by atoms with Crippen LogP contribution in [-0.4, -0.2) is 51.0 Å². The smallest absolute Gasteiger partial charge is 0.191 e. The predicted molar refractivity (Wildman–Crippen MR) is 118 cm³/mol. The molecule has 0 aliphatic rings. The van der Waals surface area contributed by atoms with Crippen LogP contribution in [0, 0.1) is 0 Å². The third kappa shape index (κ3) is 8.68. The fraction of sp³-hybridized carbons (Fsp3) is 0.611. The molecule has 150 valence electrons. The first-order valence-corrected chi connectivity index (χ1v) is 10.7. The lowest BCUT2D eigenvalue weighted by Crippen LogP contribution is -2.40. The van der Waals surface area contributed by atoms with Gasteiger partial charge < -0.3 is 15.7 Å². The highest BCUT2D eigenvalue weighted by Gasteiger charge is 2.21. The van der Waals surface area contributed by atoms with Gasteiger partial charge in [-0.1, -0.05) is 26.0 Å². The van der Waals surface area contributed by atoms with Crippen LogP contribution in [0.1, 0.15) is 39.2 Å². The highest BCUT2D eigenvalue weighted by Crippen LogP contribution is 2.14. The average Bonchev–Trinajstić information content (AvgIpc) is 2.59. The second-order valence-corrected chi connectivity index (χ2v) is 8.24. The number of nitrogens with one attached hydrogen (secondary N) is 2. The van der Waals surface area contributed by atoms with Gasteiger partial charge in [-0.25, -0.2) is 8.42 Å². The summed E-state index contributed by atoms with van der Waals surface area (Å²) in [6.45, 7) is 7.68. The van der Waals surface area contributed by atoms with Crippen molar-refractivity contribution in [3.05, 3.63) is 29.8 Å². The molecule has 0 aliphatic heterocycles. The van der Waals surface area contributed by atoms with Gasteiger partial charge in [-0.3, -0.25) is 4.99 Å². The van der Waals surface area contributed by atoms with Crippen LogP contribution >= 0.6 is 24.0 Å². The van der Waals surface area contributed by atoms with E-state index in [9.17, 15) is 13.5 Å². The van der Waals surface area contributed by atoms with E-state index in [-0.39, 0.29) is 24.0 Å². The standard InChI is InChI=1S/C18H31N3O3S.HI/c1-5-18(22,6-2)14-21-17(19-7-3)20-13-12-15-8-10-16(11-9-15)25(4,23)24;/h8-11,22H,5-7,12-14H2,1-4H3,(H2,19,20,21);1H. The number of sulfone groups is 1. The Balaban J connectivity index is 0.00000625. The largest absolute Gasteiger partial charge is 0.388 e. The summed E-state index contributed by atoms with van der Waals surface area (Å²) in [6, 6.07) is 6.92. The molecule has 26 heavy (non-hydrogen) atoms. The summed E-state index contributed by atoms with van der Waals surface area (Å²) >= 11 is 0. The molecular weight excluding hydrogens is 465 g/mol. The Hall–Kier alpha value is -0.870. The first-order chi connectivity index (χ1) is 11.7. The lowest BCUT2D eigenvalue weighted by molar-refractivity contribution is 0.0418. The molecule has 0 fully saturated rings. The molecule has 8 heteroatoms. The summed E-state index contributed by atoms with van der Waals surface area (Å²) in [5, 5.41) is 16.7. The van der Waals surface area contributed by atoms with Gasteiger partial charge in [0.15, 0.2) is 15.8 Å². The van der Waals surface area contributed by atoms with Crippen LogP contribution in [0.2, 0.25) is 0 Å². The molecule has 0 heterocycles. The number of aliphatic imine (C=N–C) groups is 1. The topological polar surface area (TPSA) is 90.8 Å². The minimum absolute atomic E-state index is 0. The maximum absolute atomic E-state index is 11.5. The molecule has 6 nitrogen and oxygen atoms in total. The summed E-state index contributed by atoms with van der Waals surface area (Å²) in [6.07, 6.45) is 3.29. The zero-order chi connectivity index (χ0) is 18.9. The van der Waals surface area contributed by atoms with Crippen LogP contribution in [0.25, 0.3) is 0 Å². The predicted octanol–water partition coefficient (Wildman–Crippen LogP) is 2.36. The number of hydrogen-bond acceptors (Lipinski definition) is 4. The van der Waals surface area contributed by atoms with Crippen LogP contribution in [-0.2, 0) is 16.3 Å². The van der Waals surface area contributed by atoms with Crippen molar-refractivity contribution in [2.24, 2.45) is 4.99 Å². The van der Waals surface area contributed by atoms with E-state index in [0.717, 1.165) is 18.5 Å². The second-order valence-electron chi connectivity index (χ2n) is 6.22. The number of benzene rings is 1. The van der Waals surface area contributed by atoms with E-state index in [1.807, 2.05) is 32.9 Å². The Bertz CT molecular complexity index is 657. The van der Waals surface area contributed by atoms with Crippen molar-refractivity contribution in [1.82, 2.24) is 10.6 Å². The fourth-order valence-corrected chi connectivity index (χ4v) is 2.90. The molecule has 0 unspecified atom stereocenters. The van der Waals surface area contributed by atoms with Gasteiger partial charge in [-0.2, -0.15) is 0 Å². The molecule has 1 aromatic rings. The van der Waals surface area contributed by atoms with Crippen molar-refractivity contribution in [3.63, 3.8) is 0 Å². The van der Waals surface area contributed by atoms with E-state index < -0.39 is 15.4 Å². The molecule has 0 atom stereocenters. The lowest BCUT2D eigenvalue weighted by Gasteiger charge is -2.23. The molecule has 0 amide bonds. The molecular formula is C18H32IN3O3S. The molecule has 0 aromatic heterocycles. The third-order valence-corrected chi connectivity index (χ3v) is 5.38. The van der Waals surface area contributed by atoms with Crippen molar-refractivity contribution in [1.29, 1.82) is 0 Å². The van der Waals surface area contributed by atoms with Gasteiger partial charge in [-0.05, 0) is 43.9 Å². The number of guanidine groups is 1. The minimum atomic E-state index is -3.16. The van der Waals surface area contributed by atoms with E-state index in [2.05, 4.69) is 15.6 Å². The molecule has 0 bridgehead atoms. The van der Waals surface area contributed by atoms with Crippen LogP contribution in [0.5, 0.6) is 0 Å². The normalized spacial score (nSPS) is 12.4. The molecule has 1 rings (SSSR count). The third-order valence-electron chi connectivity index (χ3n) is 4.25.